The molecule has 0 aliphatic carbocycles. The van der Waals surface area contributed by atoms with E-state index in [0.29, 0.717) is 13.2 Å². The Labute approximate surface area is 90.6 Å². The van der Waals surface area contributed by atoms with Crippen molar-refractivity contribution in [1.82, 2.24) is 4.98 Å². The van der Waals surface area contributed by atoms with Crippen molar-refractivity contribution in [2.24, 2.45) is 0 Å². The maximum Gasteiger partial charge on any atom is 0.341 e. The average Bonchev–Trinajstić information content (AvgIpc) is 2.11. The number of halogens is 1. The van der Waals surface area contributed by atoms with Crippen molar-refractivity contribution in [2.45, 2.75) is 6.10 Å². The molecule has 0 aromatic carbocycles. The van der Waals surface area contributed by atoms with Crippen LogP contribution in [0.1, 0.15) is 10.4 Å². The highest BCUT2D eigenvalue weighted by Gasteiger charge is 2.23. The number of carbonyl (C=O) groups is 1. The molecule has 2 rings (SSSR count). The lowest BCUT2D eigenvalue weighted by molar-refractivity contribution is -0.0799. The molecule has 0 unspecified atom stereocenters. The number of nitrogens with zero attached hydrogens (tertiary/aromatic N) is 1. The van der Waals surface area contributed by atoms with E-state index in [0.717, 1.165) is 0 Å². The average molecular weight is 230 g/mol. The Morgan fingerprint density at radius 3 is 2.93 bits per heavy atom. The molecule has 80 valence electrons. The van der Waals surface area contributed by atoms with E-state index < -0.39 is 5.97 Å². The fourth-order valence-corrected chi connectivity index (χ4v) is 1.28. The molecule has 1 aromatic rings. The number of aromatic carboxylic acids is 1. The first kappa shape index (κ1) is 10.2. The van der Waals surface area contributed by atoms with E-state index in [2.05, 4.69) is 4.98 Å². The van der Waals surface area contributed by atoms with E-state index in [-0.39, 0.29) is 22.6 Å². The van der Waals surface area contributed by atoms with Gasteiger partial charge in [0.2, 0.25) is 0 Å². The second kappa shape index (κ2) is 4.04. The molecule has 0 spiro atoms. The number of hydrogen-bond acceptors (Lipinski definition) is 4. The molecule has 1 N–H and O–H groups in total. The van der Waals surface area contributed by atoms with Gasteiger partial charge in [-0.25, -0.2) is 9.78 Å². The van der Waals surface area contributed by atoms with Crippen LogP contribution in [-0.4, -0.2) is 35.4 Å². The van der Waals surface area contributed by atoms with Gasteiger partial charge in [0.15, 0.2) is 0 Å². The summed E-state index contributed by atoms with van der Waals surface area (Å²) in [5.74, 6) is -0.856. The van der Waals surface area contributed by atoms with Gasteiger partial charge < -0.3 is 14.6 Å². The summed E-state index contributed by atoms with van der Waals surface area (Å²) in [4.78, 5) is 14.5. The van der Waals surface area contributed by atoms with Crippen LogP contribution in [0.25, 0.3) is 0 Å². The van der Waals surface area contributed by atoms with E-state index in [9.17, 15) is 4.79 Å². The van der Waals surface area contributed by atoms with Crippen molar-refractivity contribution in [2.75, 3.05) is 13.2 Å². The fraction of sp³-hybridized carbons (Fsp3) is 0.333. The number of rotatable bonds is 3. The molecule has 15 heavy (non-hydrogen) atoms. The minimum atomic E-state index is -1.09. The number of aromatic nitrogens is 1. The van der Waals surface area contributed by atoms with Crippen LogP contribution in [0, 0.1) is 0 Å². The minimum Gasteiger partial charge on any atom is -0.485 e. The van der Waals surface area contributed by atoms with Crippen LogP contribution in [0.3, 0.4) is 0 Å². The molecule has 0 radical (unpaired) electrons. The van der Waals surface area contributed by atoms with Crippen molar-refractivity contribution in [3.8, 4) is 5.75 Å². The Kier molecular flexibility index (Phi) is 2.75. The third kappa shape index (κ3) is 2.19. The van der Waals surface area contributed by atoms with Crippen LogP contribution in [0.2, 0.25) is 5.15 Å². The summed E-state index contributed by atoms with van der Waals surface area (Å²) in [6, 6.07) is 1.39. The Balaban J connectivity index is 2.24. The smallest absolute Gasteiger partial charge is 0.341 e. The van der Waals surface area contributed by atoms with E-state index in [1.54, 1.807) is 0 Å². The molecule has 1 aliphatic heterocycles. The van der Waals surface area contributed by atoms with Gasteiger partial charge in [-0.05, 0) is 0 Å². The van der Waals surface area contributed by atoms with Gasteiger partial charge in [-0.3, -0.25) is 0 Å². The lowest BCUT2D eigenvalue weighted by atomic mass is 10.2. The van der Waals surface area contributed by atoms with E-state index in [4.69, 9.17) is 26.2 Å². The highest BCUT2D eigenvalue weighted by molar-refractivity contribution is 6.29. The maximum absolute atomic E-state index is 10.8. The zero-order chi connectivity index (χ0) is 10.8. The van der Waals surface area contributed by atoms with Crippen LogP contribution in [0.5, 0.6) is 5.75 Å². The summed E-state index contributed by atoms with van der Waals surface area (Å²) in [5, 5.41) is 9.07. The summed E-state index contributed by atoms with van der Waals surface area (Å²) in [6.45, 7) is 0.942. The van der Waals surface area contributed by atoms with Gasteiger partial charge in [0.25, 0.3) is 0 Å². The molecule has 1 aliphatic rings. The second-order valence-corrected chi connectivity index (χ2v) is 3.47. The molecule has 0 bridgehead atoms. The van der Waals surface area contributed by atoms with Crippen LogP contribution in [0.15, 0.2) is 12.3 Å². The standard InChI is InChI=1S/C9H8ClNO4/c10-8-1-7(15-5-3-14-4-5)6(2-11-8)9(12)13/h1-2,5H,3-4H2,(H,12,13). The largest absolute Gasteiger partial charge is 0.485 e. The van der Waals surface area contributed by atoms with Crippen molar-refractivity contribution < 1.29 is 19.4 Å². The van der Waals surface area contributed by atoms with Crippen molar-refractivity contribution >= 4 is 17.6 Å². The Morgan fingerprint density at radius 1 is 1.67 bits per heavy atom. The molecular weight excluding hydrogens is 222 g/mol. The normalized spacial score (nSPS) is 15.8. The van der Waals surface area contributed by atoms with Gasteiger partial charge in [0, 0.05) is 12.3 Å². The molecule has 0 saturated carbocycles. The molecule has 1 fully saturated rings. The number of pyridine rings is 1. The number of hydrogen-bond donors (Lipinski definition) is 1. The van der Waals surface area contributed by atoms with Gasteiger partial charge in [-0.15, -0.1) is 0 Å². The summed E-state index contributed by atoms with van der Waals surface area (Å²) in [7, 11) is 0. The number of ether oxygens (including phenoxy) is 2. The van der Waals surface area contributed by atoms with Gasteiger partial charge in [-0.2, -0.15) is 0 Å². The highest BCUT2D eigenvalue weighted by atomic mass is 35.5. The van der Waals surface area contributed by atoms with Gasteiger partial charge in [0.1, 0.15) is 22.6 Å². The first-order valence-electron chi connectivity index (χ1n) is 4.30. The van der Waals surface area contributed by atoms with Crippen LogP contribution < -0.4 is 4.74 Å². The molecule has 2 heterocycles. The van der Waals surface area contributed by atoms with Crippen molar-refractivity contribution in [3.05, 3.63) is 23.0 Å². The molecule has 0 atom stereocenters. The predicted octanol–water partition coefficient (Wildman–Crippen LogP) is 1.21. The van der Waals surface area contributed by atoms with E-state index in [1.807, 2.05) is 0 Å². The predicted molar refractivity (Wildman–Crippen MR) is 51.4 cm³/mol. The quantitative estimate of drug-likeness (QED) is 0.789. The molecule has 5 nitrogen and oxygen atoms in total. The first-order chi connectivity index (χ1) is 7.16. The van der Waals surface area contributed by atoms with Crippen molar-refractivity contribution in [1.29, 1.82) is 0 Å². The first-order valence-corrected chi connectivity index (χ1v) is 4.68. The number of carboxylic acids is 1. The zero-order valence-electron chi connectivity index (χ0n) is 7.64. The van der Waals surface area contributed by atoms with Gasteiger partial charge in [-0.1, -0.05) is 11.6 Å². The van der Waals surface area contributed by atoms with Crippen molar-refractivity contribution in [3.63, 3.8) is 0 Å². The molecule has 1 saturated heterocycles. The maximum atomic E-state index is 10.8. The zero-order valence-corrected chi connectivity index (χ0v) is 8.40. The third-order valence-electron chi connectivity index (χ3n) is 1.96. The number of carboxylic acid groups (broad SMARTS) is 1. The van der Waals surface area contributed by atoms with E-state index in [1.165, 1.54) is 12.3 Å². The van der Waals surface area contributed by atoms with Crippen LogP contribution in [-0.2, 0) is 4.74 Å². The van der Waals surface area contributed by atoms with Crippen LogP contribution >= 0.6 is 11.6 Å². The Hall–Kier alpha value is -1.33. The monoisotopic (exact) mass is 229 g/mol. The summed E-state index contributed by atoms with van der Waals surface area (Å²) < 4.78 is 10.3. The summed E-state index contributed by atoms with van der Waals surface area (Å²) in [6.07, 6.45) is 1.08. The Bertz CT molecular complexity index is 392. The molecule has 6 heteroatoms. The summed E-state index contributed by atoms with van der Waals surface area (Å²) >= 11 is 5.65. The highest BCUT2D eigenvalue weighted by Crippen LogP contribution is 2.23. The molecule has 1 aromatic heterocycles. The lowest BCUT2D eigenvalue weighted by Crippen LogP contribution is -2.38. The third-order valence-corrected chi connectivity index (χ3v) is 2.17. The minimum absolute atomic E-state index is 0.00583. The summed E-state index contributed by atoms with van der Waals surface area (Å²) in [5.41, 5.74) is 0.00583. The Morgan fingerprint density at radius 2 is 2.40 bits per heavy atom. The van der Waals surface area contributed by atoms with Gasteiger partial charge in [0.05, 0.1) is 13.2 Å². The second-order valence-electron chi connectivity index (χ2n) is 3.09. The fourth-order valence-electron chi connectivity index (χ4n) is 1.13. The lowest BCUT2D eigenvalue weighted by Gasteiger charge is -2.27. The van der Waals surface area contributed by atoms with Crippen LogP contribution in [0.4, 0.5) is 0 Å². The molecular formula is C9H8ClNO4. The molecule has 0 amide bonds. The SMILES string of the molecule is O=C(O)c1cnc(Cl)cc1OC1COC1. The topological polar surface area (TPSA) is 68.7 Å². The van der Waals surface area contributed by atoms with E-state index >= 15 is 0 Å². The van der Waals surface area contributed by atoms with Gasteiger partial charge >= 0.3 is 5.97 Å².